The molecule has 6 heteroatoms. The fourth-order valence-electron chi connectivity index (χ4n) is 1.79. The number of carbonyl (C=O) groups is 1. The van der Waals surface area contributed by atoms with Gasteiger partial charge in [0, 0.05) is 18.7 Å². The van der Waals surface area contributed by atoms with Crippen LogP contribution in [0.2, 0.25) is 0 Å². The van der Waals surface area contributed by atoms with Crippen LogP contribution in [0.5, 0.6) is 0 Å². The summed E-state index contributed by atoms with van der Waals surface area (Å²) in [4.78, 5) is 16.2. The zero-order valence-electron chi connectivity index (χ0n) is 9.71. The van der Waals surface area contributed by atoms with Crippen molar-refractivity contribution in [3.8, 4) is 0 Å². The number of hydrogen-bond acceptors (Lipinski definition) is 3. The summed E-state index contributed by atoms with van der Waals surface area (Å²) >= 11 is 0. The second-order valence-electron chi connectivity index (χ2n) is 3.98. The molecule has 0 saturated heterocycles. The number of hydrogen-bond donors (Lipinski definition) is 2. The van der Waals surface area contributed by atoms with Gasteiger partial charge >= 0.3 is 0 Å². The van der Waals surface area contributed by atoms with Crippen LogP contribution >= 0.6 is 0 Å². The lowest BCUT2D eigenvalue weighted by Crippen LogP contribution is -2.12. The number of H-pyrrole nitrogens is 1. The van der Waals surface area contributed by atoms with Crippen LogP contribution in [0.3, 0.4) is 0 Å². The number of aromatic nitrogens is 4. The number of aromatic amines is 1. The number of imidazole rings is 1. The van der Waals surface area contributed by atoms with Gasteiger partial charge in [-0.15, -0.1) is 0 Å². The van der Waals surface area contributed by atoms with Crippen LogP contribution in [-0.4, -0.2) is 25.7 Å². The van der Waals surface area contributed by atoms with Crippen molar-refractivity contribution in [3.05, 3.63) is 42.4 Å². The Balaban J connectivity index is 1.93. The van der Waals surface area contributed by atoms with Crippen LogP contribution in [0, 0.1) is 0 Å². The molecule has 0 saturated carbocycles. The topological polar surface area (TPSA) is 75.6 Å². The number of rotatable bonds is 2. The van der Waals surface area contributed by atoms with Crippen LogP contribution in [-0.2, 0) is 7.05 Å². The predicted octanol–water partition coefficient (Wildman–Crippen LogP) is 1.55. The van der Waals surface area contributed by atoms with Gasteiger partial charge in [0.1, 0.15) is 5.82 Å². The van der Waals surface area contributed by atoms with Crippen molar-refractivity contribution in [3.63, 3.8) is 0 Å². The molecular formula is C12H11N5O. The lowest BCUT2D eigenvalue weighted by Gasteiger charge is -2.03. The summed E-state index contributed by atoms with van der Waals surface area (Å²) in [7, 11) is 1.89. The van der Waals surface area contributed by atoms with Gasteiger partial charge < -0.3 is 9.88 Å². The van der Waals surface area contributed by atoms with Gasteiger partial charge in [-0.05, 0) is 18.2 Å². The van der Waals surface area contributed by atoms with Gasteiger partial charge in [0.25, 0.3) is 5.91 Å². The van der Waals surface area contributed by atoms with Crippen LogP contribution < -0.4 is 5.32 Å². The first-order valence-corrected chi connectivity index (χ1v) is 5.46. The minimum Gasteiger partial charge on any atom is -0.334 e. The highest BCUT2D eigenvalue weighted by Gasteiger charge is 2.09. The number of aryl methyl sites for hydroxylation is 1. The van der Waals surface area contributed by atoms with Crippen LogP contribution in [0.25, 0.3) is 11.0 Å². The molecule has 0 aliphatic rings. The number of amides is 1. The molecular weight excluding hydrogens is 230 g/mol. The van der Waals surface area contributed by atoms with E-state index in [1.54, 1.807) is 24.7 Å². The number of fused-ring (bicyclic) bond motifs is 1. The Morgan fingerprint density at radius 3 is 3.06 bits per heavy atom. The average molecular weight is 241 g/mol. The standard InChI is InChI=1S/C12H11N5O/c1-17-7-13-9-3-2-8(6-10(9)17)12(18)15-11-4-5-14-16-11/h2-7H,1H3,(H2,14,15,16,18). The van der Waals surface area contributed by atoms with E-state index < -0.39 is 0 Å². The summed E-state index contributed by atoms with van der Waals surface area (Å²) in [6.07, 6.45) is 3.31. The third-order valence-corrected chi connectivity index (χ3v) is 2.74. The van der Waals surface area contributed by atoms with Gasteiger partial charge in [0.05, 0.1) is 23.6 Å². The molecule has 0 unspecified atom stereocenters. The number of nitrogens with one attached hydrogen (secondary N) is 2. The summed E-state index contributed by atoms with van der Waals surface area (Å²) in [5, 5.41) is 9.18. The normalized spacial score (nSPS) is 10.7. The third kappa shape index (κ3) is 1.73. The fraction of sp³-hybridized carbons (Fsp3) is 0.0833. The molecule has 2 aromatic heterocycles. The van der Waals surface area contributed by atoms with Crippen LogP contribution in [0.15, 0.2) is 36.8 Å². The van der Waals surface area contributed by atoms with Crippen molar-refractivity contribution >= 4 is 22.8 Å². The SMILES string of the molecule is Cn1cnc2ccc(C(=O)Nc3ccn[nH]3)cc21. The summed E-state index contributed by atoms with van der Waals surface area (Å²) in [6.45, 7) is 0. The van der Waals surface area contributed by atoms with E-state index in [1.165, 1.54) is 0 Å². The van der Waals surface area contributed by atoms with E-state index in [1.807, 2.05) is 23.7 Å². The van der Waals surface area contributed by atoms with Gasteiger partial charge in [-0.2, -0.15) is 5.10 Å². The van der Waals surface area contributed by atoms with Crippen molar-refractivity contribution in [2.75, 3.05) is 5.32 Å². The van der Waals surface area contributed by atoms with Gasteiger partial charge in [-0.3, -0.25) is 9.89 Å². The molecule has 0 bridgehead atoms. The Morgan fingerprint density at radius 2 is 2.28 bits per heavy atom. The molecule has 0 fully saturated rings. The maximum Gasteiger partial charge on any atom is 0.256 e. The quantitative estimate of drug-likeness (QED) is 0.714. The molecule has 3 rings (SSSR count). The maximum absolute atomic E-state index is 12.0. The highest BCUT2D eigenvalue weighted by Crippen LogP contribution is 2.15. The van der Waals surface area contributed by atoms with Crippen LogP contribution in [0.4, 0.5) is 5.82 Å². The number of anilines is 1. The average Bonchev–Trinajstić information content (AvgIpc) is 3.00. The predicted molar refractivity (Wildman–Crippen MR) is 67.3 cm³/mol. The van der Waals surface area contributed by atoms with Crippen molar-refractivity contribution < 1.29 is 4.79 Å². The van der Waals surface area contributed by atoms with E-state index in [0.717, 1.165) is 11.0 Å². The molecule has 2 N–H and O–H groups in total. The summed E-state index contributed by atoms with van der Waals surface area (Å²) in [5.41, 5.74) is 2.38. The lowest BCUT2D eigenvalue weighted by atomic mass is 10.2. The highest BCUT2D eigenvalue weighted by molar-refractivity contribution is 6.05. The van der Waals surface area contributed by atoms with Crippen molar-refractivity contribution in [1.82, 2.24) is 19.7 Å². The molecule has 18 heavy (non-hydrogen) atoms. The van der Waals surface area contributed by atoms with E-state index in [9.17, 15) is 4.79 Å². The minimum atomic E-state index is -0.178. The zero-order valence-corrected chi connectivity index (χ0v) is 9.71. The summed E-state index contributed by atoms with van der Waals surface area (Å²) in [6, 6.07) is 7.09. The van der Waals surface area contributed by atoms with E-state index in [-0.39, 0.29) is 5.91 Å². The molecule has 0 aliphatic carbocycles. The smallest absolute Gasteiger partial charge is 0.256 e. The first-order valence-electron chi connectivity index (χ1n) is 5.46. The second-order valence-corrected chi connectivity index (χ2v) is 3.98. The minimum absolute atomic E-state index is 0.178. The molecule has 0 aliphatic heterocycles. The number of nitrogens with zero attached hydrogens (tertiary/aromatic N) is 3. The Labute approximate surface area is 103 Å². The molecule has 6 nitrogen and oxygen atoms in total. The second kappa shape index (κ2) is 3.99. The summed E-state index contributed by atoms with van der Waals surface area (Å²) in [5.74, 6) is 0.396. The number of carbonyl (C=O) groups excluding carboxylic acids is 1. The van der Waals surface area contributed by atoms with E-state index in [2.05, 4.69) is 20.5 Å². The van der Waals surface area contributed by atoms with E-state index >= 15 is 0 Å². The molecule has 1 aromatic carbocycles. The molecule has 3 aromatic rings. The van der Waals surface area contributed by atoms with Gasteiger partial charge in [-0.25, -0.2) is 4.98 Å². The molecule has 2 heterocycles. The highest BCUT2D eigenvalue weighted by atomic mass is 16.1. The van der Waals surface area contributed by atoms with Gasteiger partial charge in [-0.1, -0.05) is 0 Å². The Bertz CT molecular complexity index is 698. The molecule has 0 spiro atoms. The van der Waals surface area contributed by atoms with E-state index in [0.29, 0.717) is 11.4 Å². The van der Waals surface area contributed by atoms with Gasteiger partial charge in [0.2, 0.25) is 0 Å². The van der Waals surface area contributed by atoms with Crippen molar-refractivity contribution in [1.29, 1.82) is 0 Å². The Hall–Kier alpha value is -2.63. The Kier molecular flexibility index (Phi) is 2.33. The first kappa shape index (κ1) is 10.5. The zero-order chi connectivity index (χ0) is 12.5. The maximum atomic E-state index is 12.0. The third-order valence-electron chi connectivity index (χ3n) is 2.74. The molecule has 0 atom stereocenters. The lowest BCUT2D eigenvalue weighted by molar-refractivity contribution is 0.102. The van der Waals surface area contributed by atoms with Crippen molar-refractivity contribution in [2.45, 2.75) is 0 Å². The van der Waals surface area contributed by atoms with E-state index in [4.69, 9.17) is 0 Å². The largest absolute Gasteiger partial charge is 0.334 e. The van der Waals surface area contributed by atoms with Gasteiger partial charge in [0.15, 0.2) is 0 Å². The molecule has 90 valence electrons. The van der Waals surface area contributed by atoms with Crippen LogP contribution in [0.1, 0.15) is 10.4 Å². The first-order chi connectivity index (χ1) is 8.74. The molecule has 0 radical (unpaired) electrons. The fourth-order valence-corrected chi connectivity index (χ4v) is 1.79. The van der Waals surface area contributed by atoms with Crippen molar-refractivity contribution in [2.24, 2.45) is 7.05 Å². The molecule has 1 amide bonds. The Morgan fingerprint density at radius 1 is 1.39 bits per heavy atom. The summed E-state index contributed by atoms with van der Waals surface area (Å²) < 4.78 is 1.88. The number of benzene rings is 1. The monoisotopic (exact) mass is 241 g/mol.